The molecule has 0 amide bonds. The normalized spacial score (nSPS) is 19.7. The molecule has 0 aromatic carbocycles. The number of ether oxygens (including phenoxy) is 1. The first-order chi connectivity index (χ1) is 9.43. The van der Waals surface area contributed by atoms with E-state index in [9.17, 15) is 0 Å². The van der Waals surface area contributed by atoms with Crippen molar-refractivity contribution in [1.29, 1.82) is 0 Å². The molecule has 3 heterocycles. The fourth-order valence-electron chi connectivity index (χ4n) is 2.38. The molecule has 1 aliphatic rings. The second-order valence-electron chi connectivity index (χ2n) is 4.70. The number of imidazole rings is 1. The summed E-state index contributed by atoms with van der Waals surface area (Å²) >= 11 is 0. The van der Waals surface area contributed by atoms with E-state index in [1.807, 2.05) is 35.7 Å². The van der Waals surface area contributed by atoms with Crippen molar-refractivity contribution in [2.75, 3.05) is 19.7 Å². The second-order valence-corrected chi connectivity index (χ2v) is 4.70. The average molecular weight is 261 g/mol. The molecule has 1 N–H and O–H groups in total. The van der Waals surface area contributed by atoms with Gasteiger partial charge in [0.2, 0.25) is 0 Å². The molecule has 1 fully saturated rings. The van der Waals surface area contributed by atoms with Crippen molar-refractivity contribution in [1.82, 2.24) is 24.6 Å². The van der Waals surface area contributed by atoms with Gasteiger partial charge in [-0.3, -0.25) is 4.68 Å². The second kappa shape index (κ2) is 5.99. The molecule has 102 valence electrons. The van der Waals surface area contributed by atoms with Crippen LogP contribution >= 0.6 is 0 Å². The third-order valence-corrected chi connectivity index (χ3v) is 3.35. The number of aromatic nitrogens is 4. The first-order valence-corrected chi connectivity index (χ1v) is 6.73. The Kier molecular flexibility index (Phi) is 3.90. The van der Waals surface area contributed by atoms with E-state index in [0.717, 1.165) is 44.9 Å². The topological polar surface area (TPSA) is 56.9 Å². The largest absolute Gasteiger partial charge is 0.369 e. The fourth-order valence-corrected chi connectivity index (χ4v) is 2.38. The molecule has 6 nitrogen and oxygen atoms in total. The lowest BCUT2D eigenvalue weighted by molar-refractivity contribution is 0.0227. The van der Waals surface area contributed by atoms with E-state index in [1.165, 1.54) is 0 Å². The molecular weight excluding hydrogens is 242 g/mol. The molecule has 0 radical (unpaired) electrons. The zero-order chi connectivity index (χ0) is 12.9. The molecule has 0 aliphatic carbocycles. The van der Waals surface area contributed by atoms with Gasteiger partial charge in [0.1, 0.15) is 6.10 Å². The maximum absolute atomic E-state index is 5.77. The van der Waals surface area contributed by atoms with Crippen LogP contribution in [0.3, 0.4) is 0 Å². The smallest absolute Gasteiger partial charge is 0.111 e. The first kappa shape index (κ1) is 12.4. The van der Waals surface area contributed by atoms with Crippen LogP contribution in [0.4, 0.5) is 0 Å². The number of nitrogens with one attached hydrogen (secondary N) is 1. The van der Waals surface area contributed by atoms with Gasteiger partial charge in [0.25, 0.3) is 0 Å². The van der Waals surface area contributed by atoms with E-state index in [4.69, 9.17) is 4.74 Å². The molecule has 2 aromatic rings. The predicted molar refractivity (Wildman–Crippen MR) is 70.6 cm³/mol. The summed E-state index contributed by atoms with van der Waals surface area (Å²) in [5.41, 5.74) is 1.16. The highest BCUT2D eigenvalue weighted by Crippen LogP contribution is 2.18. The van der Waals surface area contributed by atoms with Crippen LogP contribution in [0.2, 0.25) is 0 Å². The van der Waals surface area contributed by atoms with Crippen LogP contribution in [0.25, 0.3) is 0 Å². The zero-order valence-electron chi connectivity index (χ0n) is 10.9. The van der Waals surface area contributed by atoms with Crippen LogP contribution in [0, 0.1) is 0 Å². The molecule has 3 rings (SSSR count). The Morgan fingerprint density at radius 1 is 1.42 bits per heavy atom. The molecule has 1 atom stereocenters. The molecule has 6 heteroatoms. The Balaban J connectivity index is 1.57. The lowest BCUT2D eigenvalue weighted by Crippen LogP contribution is -2.34. The number of aryl methyl sites for hydroxylation is 2. The summed E-state index contributed by atoms with van der Waals surface area (Å²) in [5.74, 6) is 0. The molecule has 1 unspecified atom stereocenters. The summed E-state index contributed by atoms with van der Waals surface area (Å²) in [5, 5.41) is 7.55. The number of rotatable bonds is 5. The minimum Gasteiger partial charge on any atom is -0.369 e. The highest BCUT2D eigenvalue weighted by Gasteiger charge is 2.19. The summed E-state index contributed by atoms with van der Waals surface area (Å²) in [6, 6.07) is 1.95. The Bertz CT molecular complexity index is 487. The van der Waals surface area contributed by atoms with Gasteiger partial charge in [0.15, 0.2) is 0 Å². The van der Waals surface area contributed by atoms with Gasteiger partial charge in [-0.05, 0) is 12.5 Å². The summed E-state index contributed by atoms with van der Waals surface area (Å²) in [6.45, 7) is 4.43. The molecule has 0 spiro atoms. The number of nitrogens with zero attached hydrogens (tertiary/aromatic N) is 4. The third kappa shape index (κ3) is 3.02. The summed E-state index contributed by atoms with van der Waals surface area (Å²) in [7, 11) is 0. The van der Waals surface area contributed by atoms with E-state index >= 15 is 0 Å². The van der Waals surface area contributed by atoms with E-state index in [1.54, 1.807) is 0 Å². The maximum Gasteiger partial charge on any atom is 0.111 e. The van der Waals surface area contributed by atoms with Crippen molar-refractivity contribution in [2.24, 2.45) is 0 Å². The number of morpholine rings is 1. The fraction of sp³-hybridized carbons (Fsp3) is 0.538. The van der Waals surface area contributed by atoms with E-state index in [2.05, 4.69) is 20.0 Å². The van der Waals surface area contributed by atoms with Crippen LogP contribution in [-0.4, -0.2) is 39.0 Å². The van der Waals surface area contributed by atoms with Crippen molar-refractivity contribution in [3.63, 3.8) is 0 Å². The molecule has 19 heavy (non-hydrogen) atoms. The minimum absolute atomic E-state index is 0.126. The van der Waals surface area contributed by atoms with Gasteiger partial charge in [-0.2, -0.15) is 5.10 Å². The van der Waals surface area contributed by atoms with Crippen molar-refractivity contribution < 1.29 is 4.74 Å². The molecule has 2 aromatic heterocycles. The Labute approximate surface area is 112 Å². The SMILES string of the molecule is c1cnn(CCCn2cncc2C2CNCCO2)c1. The molecule has 1 saturated heterocycles. The van der Waals surface area contributed by atoms with Crippen LogP contribution in [-0.2, 0) is 17.8 Å². The van der Waals surface area contributed by atoms with Crippen LogP contribution in [0.1, 0.15) is 18.2 Å². The van der Waals surface area contributed by atoms with Crippen molar-refractivity contribution in [2.45, 2.75) is 25.6 Å². The lowest BCUT2D eigenvalue weighted by atomic mass is 10.2. The average Bonchev–Trinajstić information content (AvgIpc) is 3.11. The maximum atomic E-state index is 5.77. The highest BCUT2D eigenvalue weighted by atomic mass is 16.5. The van der Waals surface area contributed by atoms with Crippen molar-refractivity contribution in [3.8, 4) is 0 Å². The quantitative estimate of drug-likeness (QED) is 0.866. The van der Waals surface area contributed by atoms with E-state index in [0.29, 0.717) is 0 Å². The van der Waals surface area contributed by atoms with Gasteiger partial charge in [0, 0.05) is 38.6 Å². The van der Waals surface area contributed by atoms with Gasteiger partial charge in [-0.1, -0.05) is 0 Å². The highest BCUT2D eigenvalue weighted by molar-refractivity contribution is 5.04. The standard InChI is InChI=1S/C13H19N5O/c1-3-16-18(6-1)7-2-5-17-11-15-9-12(17)13-10-14-4-8-19-13/h1,3,6,9,11,13-14H,2,4-5,7-8,10H2. The van der Waals surface area contributed by atoms with Crippen molar-refractivity contribution >= 4 is 0 Å². The Morgan fingerprint density at radius 3 is 3.21 bits per heavy atom. The first-order valence-electron chi connectivity index (χ1n) is 6.73. The van der Waals surface area contributed by atoms with Crippen LogP contribution < -0.4 is 5.32 Å². The molecule has 0 bridgehead atoms. The van der Waals surface area contributed by atoms with Crippen LogP contribution in [0.15, 0.2) is 31.0 Å². The summed E-state index contributed by atoms with van der Waals surface area (Å²) < 4.78 is 9.91. The predicted octanol–water partition coefficient (Wildman–Crippen LogP) is 0.831. The minimum atomic E-state index is 0.126. The Morgan fingerprint density at radius 2 is 2.42 bits per heavy atom. The van der Waals surface area contributed by atoms with Crippen molar-refractivity contribution in [3.05, 3.63) is 36.7 Å². The molecule has 1 aliphatic heterocycles. The monoisotopic (exact) mass is 261 g/mol. The number of hydrogen-bond donors (Lipinski definition) is 1. The number of hydrogen-bond acceptors (Lipinski definition) is 4. The zero-order valence-corrected chi connectivity index (χ0v) is 10.9. The van der Waals surface area contributed by atoms with Gasteiger partial charge >= 0.3 is 0 Å². The lowest BCUT2D eigenvalue weighted by Gasteiger charge is -2.24. The molecule has 0 saturated carbocycles. The van der Waals surface area contributed by atoms with E-state index in [-0.39, 0.29) is 6.10 Å². The summed E-state index contributed by atoms with van der Waals surface area (Å²) in [4.78, 5) is 4.25. The Hall–Kier alpha value is -1.66. The molecular formula is C13H19N5O. The third-order valence-electron chi connectivity index (χ3n) is 3.35. The van der Waals surface area contributed by atoms with Crippen LogP contribution in [0.5, 0.6) is 0 Å². The van der Waals surface area contributed by atoms with Gasteiger partial charge in [-0.15, -0.1) is 0 Å². The summed E-state index contributed by atoms with van der Waals surface area (Å²) in [6.07, 6.45) is 8.75. The van der Waals surface area contributed by atoms with Gasteiger partial charge in [-0.25, -0.2) is 4.98 Å². The van der Waals surface area contributed by atoms with E-state index < -0.39 is 0 Å². The van der Waals surface area contributed by atoms with Gasteiger partial charge in [0.05, 0.1) is 24.8 Å². The van der Waals surface area contributed by atoms with Gasteiger partial charge < -0.3 is 14.6 Å².